The van der Waals surface area contributed by atoms with E-state index < -0.39 is 0 Å². The van der Waals surface area contributed by atoms with Gasteiger partial charge in [-0.05, 0) is 37.1 Å². The van der Waals surface area contributed by atoms with Gasteiger partial charge in [-0.15, -0.1) is 0 Å². The topological polar surface area (TPSA) is 43.8 Å². The summed E-state index contributed by atoms with van der Waals surface area (Å²) >= 11 is 6.10. The Kier molecular flexibility index (Phi) is 3.68. The van der Waals surface area contributed by atoms with Crippen molar-refractivity contribution in [3.8, 4) is 0 Å². The Morgan fingerprint density at radius 2 is 2.06 bits per heavy atom. The Morgan fingerprint density at radius 3 is 2.61 bits per heavy atom. The summed E-state index contributed by atoms with van der Waals surface area (Å²) in [5.74, 6) is -0.273. The number of halogens is 2. The van der Waals surface area contributed by atoms with Gasteiger partial charge in [0.15, 0.2) is 0 Å². The number of aryl methyl sites for hydroxylation is 1. The van der Waals surface area contributed by atoms with Crippen LogP contribution in [0.25, 0.3) is 0 Å². The highest BCUT2D eigenvalue weighted by Gasteiger charge is 2.11. The van der Waals surface area contributed by atoms with Gasteiger partial charge in [-0.3, -0.25) is 4.68 Å². The van der Waals surface area contributed by atoms with E-state index in [9.17, 15) is 4.39 Å². The highest BCUT2D eigenvalue weighted by Crippen LogP contribution is 2.21. The lowest BCUT2D eigenvalue weighted by Crippen LogP contribution is -2.09. The maximum Gasteiger partial charge on any atom is 0.123 e. The van der Waals surface area contributed by atoms with Crippen LogP contribution in [0.5, 0.6) is 0 Å². The van der Waals surface area contributed by atoms with Crippen molar-refractivity contribution in [1.82, 2.24) is 9.78 Å². The molecule has 18 heavy (non-hydrogen) atoms. The first-order chi connectivity index (χ1) is 8.52. The molecule has 0 saturated carbocycles. The van der Waals surface area contributed by atoms with Crippen molar-refractivity contribution in [2.24, 2.45) is 5.73 Å². The molecule has 5 heteroatoms. The molecule has 0 aliphatic rings. The van der Waals surface area contributed by atoms with Crippen LogP contribution in [-0.2, 0) is 13.1 Å². The molecule has 0 saturated heterocycles. The van der Waals surface area contributed by atoms with Crippen molar-refractivity contribution in [2.75, 3.05) is 0 Å². The third-order valence-corrected chi connectivity index (χ3v) is 3.55. The number of nitrogens with zero attached hydrogens (tertiary/aromatic N) is 2. The lowest BCUT2D eigenvalue weighted by atomic mass is 10.1. The second-order valence-electron chi connectivity index (χ2n) is 4.26. The van der Waals surface area contributed by atoms with Gasteiger partial charge in [0.1, 0.15) is 5.82 Å². The Balaban J connectivity index is 2.36. The molecular formula is C13H15ClFN3. The summed E-state index contributed by atoms with van der Waals surface area (Å²) in [6, 6.07) is 4.63. The second-order valence-corrected chi connectivity index (χ2v) is 4.64. The van der Waals surface area contributed by atoms with Crippen LogP contribution < -0.4 is 5.73 Å². The lowest BCUT2D eigenvalue weighted by Gasteiger charge is -2.09. The van der Waals surface area contributed by atoms with Crippen LogP contribution in [0.3, 0.4) is 0 Å². The largest absolute Gasteiger partial charge is 0.326 e. The van der Waals surface area contributed by atoms with Gasteiger partial charge in [-0.2, -0.15) is 5.10 Å². The van der Waals surface area contributed by atoms with Crippen LogP contribution in [-0.4, -0.2) is 9.78 Å². The quantitative estimate of drug-likeness (QED) is 0.929. The van der Waals surface area contributed by atoms with Crippen molar-refractivity contribution < 1.29 is 4.39 Å². The Labute approximate surface area is 110 Å². The molecule has 0 unspecified atom stereocenters. The van der Waals surface area contributed by atoms with Crippen LogP contribution in [0, 0.1) is 19.7 Å². The molecule has 3 nitrogen and oxygen atoms in total. The van der Waals surface area contributed by atoms with Gasteiger partial charge in [0, 0.05) is 6.54 Å². The number of aromatic nitrogens is 2. The number of hydrogen-bond donors (Lipinski definition) is 1. The van der Waals surface area contributed by atoms with E-state index in [1.54, 1.807) is 6.07 Å². The van der Waals surface area contributed by atoms with Gasteiger partial charge in [0.25, 0.3) is 0 Å². The van der Waals surface area contributed by atoms with Crippen LogP contribution in [0.15, 0.2) is 18.2 Å². The van der Waals surface area contributed by atoms with E-state index in [1.807, 2.05) is 18.5 Å². The zero-order chi connectivity index (χ0) is 13.3. The molecule has 2 N–H and O–H groups in total. The average molecular weight is 268 g/mol. The highest BCUT2D eigenvalue weighted by atomic mass is 35.5. The molecule has 0 fully saturated rings. The SMILES string of the molecule is Cc1nn(Cc2ccc(F)cc2CN)c(C)c1Cl. The van der Waals surface area contributed by atoms with Gasteiger partial charge in [-0.25, -0.2) is 4.39 Å². The third-order valence-electron chi connectivity index (χ3n) is 3.00. The molecule has 0 bridgehead atoms. The number of hydrogen-bond acceptors (Lipinski definition) is 2. The minimum Gasteiger partial charge on any atom is -0.326 e. The Hall–Kier alpha value is -1.39. The summed E-state index contributed by atoms with van der Waals surface area (Å²) in [4.78, 5) is 0. The van der Waals surface area contributed by atoms with Crippen molar-refractivity contribution in [2.45, 2.75) is 26.9 Å². The number of nitrogens with two attached hydrogens (primary N) is 1. The maximum absolute atomic E-state index is 13.1. The molecule has 1 aromatic carbocycles. The first-order valence-corrected chi connectivity index (χ1v) is 6.07. The summed E-state index contributed by atoms with van der Waals surface area (Å²) in [6.07, 6.45) is 0. The normalized spacial score (nSPS) is 10.9. The molecule has 96 valence electrons. The molecule has 0 radical (unpaired) electrons. The fourth-order valence-electron chi connectivity index (χ4n) is 1.93. The Bertz CT molecular complexity index is 578. The van der Waals surface area contributed by atoms with Crippen LogP contribution in [0.1, 0.15) is 22.5 Å². The minimum absolute atomic E-state index is 0.273. The number of rotatable bonds is 3. The highest BCUT2D eigenvalue weighted by molar-refractivity contribution is 6.31. The Morgan fingerprint density at radius 1 is 1.33 bits per heavy atom. The summed E-state index contributed by atoms with van der Waals surface area (Å²) in [5, 5.41) is 5.03. The van der Waals surface area contributed by atoms with Crippen molar-refractivity contribution in [3.05, 3.63) is 51.6 Å². The average Bonchev–Trinajstić information content (AvgIpc) is 2.59. The zero-order valence-electron chi connectivity index (χ0n) is 10.4. The number of benzene rings is 1. The van der Waals surface area contributed by atoms with E-state index in [-0.39, 0.29) is 5.82 Å². The predicted molar refractivity (Wildman–Crippen MR) is 70.1 cm³/mol. The third kappa shape index (κ3) is 2.40. The fraction of sp³-hybridized carbons (Fsp3) is 0.308. The molecule has 0 aliphatic heterocycles. The van der Waals surface area contributed by atoms with E-state index >= 15 is 0 Å². The summed E-state index contributed by atoms with van der Waals surface area (Å²) < 4.78 is 14.9. The van der Waals surface area contributed by atoms with Gasteiger partial charge >= 0.3 is 0 Å². The minimum atomic E-state index is -0.273. The summed E-state index contributed by atoms with van der Waals surface area (Å²) in [6.45, 7) is 4.63. The predicted octanol–water partition coefficient (Wildman–Crippen LogP) is 2.80. The lowest BCUT2D eigenvalue weighted by molar-refractivity contribution is 0.617. The summed E-state index contributed by atoms with van der Waals surface area (Å²) in [5.41, 5.74) is 9.07. The molecule has 2 aromatic rings. The monoisotopic (exact) mass is 267 g/mol. The van der Waals surface area contributed by atoms with Gasteiger partial charge < -0.3 is 5.73 Å². The van der Waals surface area contributed by atoms with Crippen LogP contribution >= 0.6 is 11.6 Å². The first kappa shape index (κ1) is 13.1. The molecule has 0 aliphatic carbocycles. The standard InChI is InChI=1S/C13H15ClFN3/c1-8-13(14)9(2)18(17-8)7-10-3-4-12(15)5-11(10)6-16/h3-5H,6-7,16H2,1-2H3. The molecule has 2 rings (SSSR count). The van der Waals surface area contributed by atoms with Gasteiger partial charge in [0.05, 0.1) is 23.0 Å². The maximum atomic E-state index is 13.1. The van der Waals surface area contributed by atoms with E-state index in [2.05, 4.69) is 5.10 Å². The van der Waals surface area contributed by atoms with Crippen LogP contribution in [0.2, 0.25) is 5.02 Å². The molecule has 1 heterocycles. The van der Waals surface area contributed by atoms with Crippen LogP contribution in [0.4, 0.5) is 4.39 Å². The summed E-state index contributed by atoms with van der Waals surface area (Å²) in [7, 11) is 0. The van der Waals surface area contributed by atoms with E-state index in [0.717, 1.165) is 22.5 Å². The first-order valence-electron chi connectivity index (χ1n) is 5.69. The molecule has 0 amide bonds. The van der Waals surface area contributed by atoms with Crippen molar-refractivity contribution in [1.29, 1.82) is 0 Å². The van der Waals surface area contributed by atoms with Gasteiger partial charge in [-0.1, -0.05) is 17.7 Å². The van der Waals surface area contributed by atoms with E-state index in [4.69, 9.17) is 17.3 Å². The van der Waals surface area contributed by atoms with Crippen molar-refractivity contribution >= 4 is 11.6 Å². The zero-order valence-corrected chi connectivity index (χ0v) is 11.1. The van der Waals surface area contributed by atoms with Crippen molar-refractivity contribution in [3.63, 3.8) is 0 Å². The molecule has 1 aromatic heterocycles. The second kappa shape index (κ2) is 5.08. The smallest absolute Gasteiger partial charge is 0.123 e. The molecule has 0 spiro atoms. The molecular weight excluding hydrogens is 253 g/mol. The van der Waals surface area contributed by atoms with E-state index in [0.29, 0.717) is 18.1 Å². The fourth-order valence-corrected chi connectivity index (χ4v) is 2.06. The van der Waals surface area contributed by atoms with Gasteiger partial charge in [0.2, 0.25) is 0 Å². The molecule has 0 atom stereocenters. The van der Waals surface area contributed by atoms with E-state index in [1.165, 1.54) is 12.1 Å².